The Balaban J connectivity index is 0.00000110. The zero-order valence-electron chi connectivity index (χ0n) is 10.4. The van der Waals surface area contributed by atoms with E-state index in [1.807, 2.05) is 23.1 Å². The summed E-state index contributed by atoms with van der Waals surface area (Å²) in [6.45, 7) is 4.16. The molecule has 2 nitrogen and oxygen atoms in total. The summed E-state index contributed by atoms with van der Waals surface area (Å²) in [5.74, 6) is 0. The topological polar surface area (TPSA) is 15.6 Å². The van der Waals surface area contributed by atoms with Gasteiger partial charge in [-0.2, -0.15) is 0 Å². The molecule has 0 amide bonds. The number of fused-ring (bicyclic) bond motifs is 2. The Bertz CT molecular complexity index is 702. The van der Waals surface area contributed by atoms with Crippen molar-refractivity contribution in [2.45, 2.75) is 6.92 Å². The number of hydrogen-bond donors (Lipinski definition) is 0. The van der Waals surface area contributed by atoms with Crippen LogP contribution in [0.4, 0.5) is 0 Å². The third kappa shape index (κ3) is 1.95. The van der Waals surface area contributed by atoms with Gasteiger partial charge in [-0.15, -0.1) is 28.3 Å². The summed E-state index contributed by atoms with van der Waals surface area (Å²) < 4.78 is 1.36. The predicted octanol–water partition coefficient (Wildman–Crippen LogP) is 4.59. The summed E-state index contributed by atoms with van der Waals surface area (Å²) in [7, 11) is 0. The molecule has 0 aliphatic carbocycles. The van der Waals surface area contributed by atoms with E-state index in [9.17, 15) is 0 Å². The van der Waals surface area contributed by atoms with Crippen molar-refractivity contribution in [3.8, 4) is 0 Å². The van der Waals surface area contributed by atoms with E-state index in [1.165, 1.54) is 31.4 Å². The molecular weight excluding hydrogens is 340 g/mol. The van der Waals surface area contributed by atoms with Crippen LogP contribution in [0.2, 0.25) is 0 Å². The maximum Gasteiger partial charge on any atom is 0.168 e. The van der Waals surface area contributed by atoms with Gasteiger partial charge in [0.15, 0.2) is 5.17 Å². The van der Waals surface area contributed by atoms with Gasteiger partial charge in [0.25, 0.3) is 0 Å². The minimum absolute atomic E-state index is 0. The molecule has 0 saturated heterocycles. The third-order valence-electron chi connectivity index (χ3n) is 3.39. The Labute approximate surface area is 131 Å². The van der Waals surface area contributed by atoms with Gasteiger partial charge in [0, 0.05) is 32.5 Å². The van der Waals surface area contributed by atoms with E-state index < -0.39 is 0 Å². The van der Waals surface area contributed by atoms with Crippen LogP contribution in [-0.2, 0) is 0 Å². The summed E-state index contributed by atoms with van der Waals surface area (Å²) >= 11 is 3.64. The summed E-state index contributed by atoms with van der Waals surface area (Å²) in [6.07, 6.45) is 0. The lowest BCUT2D eigenvalue weighted by Crippen LogP contribution is -2.19. The Morgan fingerprint density at radius 2 is 2.11 bits per heavy atom. The van der Waals surface area contributed by atoms with Gasteiger partial charge in [0.2, 0.25) is 0 Å². The zero-order valence-corrected chi connectivity index (χ0v) is 13.8. The average molecular weight is 353 g/mol. The standard InChI is InChI=1S/C14H12N2S2.BrH/c1-9-13(16-7-6-15-14(16)18-9)11-8-17-12-5-3-2-4-10(11)12;/h2-5,8H,6-7H2,1H3;1H. The quantitative estimate of drug-likeness (QED) is 0.745. The van der Waals surface area contributed by atoms with E-state index in [-0.39, 0.29) is 17.0 Å². The number of hydrogen-bond acceptors (Lipinski definition) is 4. The maximum absolute atomic E-state index is 4.56. The molecule has 0 bridgehead atoms. The average Bonchev–Trinajstić information content (AvgIpc) is 3.03. The van der Waals surface area contributed by atoms with Crippen molar-refractivity contribution in [1.82, 2.24) is 4.90 Å². The van der Waals surface area contributed by atoms with Gasteiger partial charge in [-0.05, 0) is 13.0 Å². The molecule has 2 aromatic rings. The Kier molecular flexibility index (Phi) is 3.45. The van der Waals surface area contributed by atoms with Crippen LogP contribution in [-0.4, -0.2) is 23.2 Å². The van der Waals surface area contributed by atoms with Gasteiger partial charge in [-0.3, -0.25) is 4.99 Å². The summed E-state index contributed by atoms with van der Waals surface area (Å²) in [5, 5.41) is 4.83. The first-order valence-corrected chi connectivity index (χ1v) is 7.71. The first-order valence-electron chi connectivity index (χ1n) is 6.02. The van der Waals surface area contributed by atoms with Crippen molar-refractivity contribution in [2.24, 2.45) is 4.99 Å². The van der Waals surface area contributed by atoms with Crippen LogP contribution in [0.25, 0.3) is 15.8 Å². The summed E-state index contributed by atoms with van der Waals surface area (Å²) in [5.41, 5.74) is 2.74. The molecule has 3 heterocycles. The fourth-order valence-corrected chi connectivity index (χ4v) is 4.58. The van der Waals surface area contributed by atoms with Gasteiger partial charge in [-0.25, -0.2) is 0 Å². The van der Waals surface area contributed by atoms with Gasteiger partial charge in [0.05, 0.1) is 12.2 Å². The van der Waals surface area contributed by atoms with E-state index in [0.717, 1.165) is 13.1 Å². The Morgan fingerprint density at radius 3 is 3.00 bits per heavy atom. The molecule has 98 valence electrons. The third-order valence-corrected chi connectivity index (χ3v) is 5.38. The SMILES string of the molecule is Br.CC1=C(c2csc3ccccc23)N2CCN=C2S1. The molecule has 0 fully saturated rings. The van der Waals surface area contributed by atoms with Gasteiger partial charge in [0.1, 0.15) is 0 Å². The number of allylic oxidation sites excluding steroid dienone is 1. The van der Waals surface area contributed by atoms with Gasteiger partial charge in [-0.1, -0.05) is 30.0 Å². The highest BCUT2D eigenvalue weighted by Crippen LogP contribution is 2.44. The predicted molar refractivity (Wildman–Crippen MR) is 91.3 cm³/mol. The molecule has 0 atom stereocenters. The maximum atomic E-state index is 4.56. The number of rotatable bonds is 1. The van der Waals surface area contributed by atoms with Crippen molar-refractivity contribution in [1.29, 1.82) is 0 Å². The Morgan fingerprint density at radius 1 is 1.26 bits per heavy atom. The smallest absolute Gasteiger partial charge is 0.168 e. The van der Waals surface area contributed by atoms with Crippen LogP contribution in [0, 0.1) is 0 Å². The van der Waals surface area contributed by atoms with Crippen LogP contribution in [0.5, 0.6) is 0 Å². The monoisotopic (exact) mass is 352 g/mol. The molecule has 0 saturated carbocycles. The largest absolute Gasteiger partial charge is 0.318 e. The number of thiophene rings is 1. The van der Waals surface area contributed by atoms with Crippen LogP contribution in [0.3, 0.4) is 0 Å². The second-order valence-electron chi connectivity index (χ2n) is 4.47. The second-order valence-corrected chi connectivity index (χ2v) is 6.56. The molecule has 1 aromatic heterocycles. The second kappa shape index (κ2) is 4.96. The summed E-state index contributed by atoms with van der Waals surface area (Å²) in [4.78, 5) is 8.30. The minimum Gasteiger partial charge on any atom is -0.318 e. The molecule has 0 N–H and O–H groups in total. The minimum atomic E-state index is 0. The normalized spacial score (nSPS) is 17.7. The lowest BCUT2D eigenvalue weighted by Gasteiger charge is -2.16. The van der Waals surface area contributed by atoms with Gasteiger partial charge >= 0.3 is 0 Å². The molecule has 2 aliphatic heterocycles. The molecule has 5 heteroatoms. The lowest BCUT2D eigenvalue weighted by molar-refractivity contribution is 0.649. The van der Waals surface area contributed by atoms with Crippen molar-refractivity contribution >= 4 is 61.0 Å². The molecular formula is C14H13BrN2S2. The number of aliphatic imine (C=N–C) groups is 1. The first-order chi connectivity index (χ1) is 8.84. The molecule has 4 rings (SSSR count). The number of amidine groups is 1. The first kappa shape index (κ1) is 13.2. The number of halogens is 1. The zero-order chi connectivity index (χ0) is 12.1. The van der Waals surface area contributed by atoms with E-state index in [1.54, 1.807) is 0 Å². The van der Waals surface area contributed by atoms with Crippen molar-refractivity contribution in [3.63, 3.8) is 0 Å². The molecule has 19 heavy (non-hydrogen) atoms. The van der Waals surface area contributed by atoms with E-state index in [4.69, 9.17) is 0 Å². The van der Waals surface area contributed by atoms with Crippen LogP contribution >= 0.6 is 40.1 Å². The van der Waals surface area contributed by atoms with Crippen LogP contribution < -0.4 is 0 Å². The fraction of sp³-hybridized carbons (Fsp3) is 0.214. The number of thioether (sulfide) groups is 1. The molecule has 2 aliphatic rings. The molecule has 0 unspecified atom stereocenters. The lowest BCUT2D eigenvalue weighted by atomic mass is 10.1. The highest BCUT2D eigenvalue weighted by molar-refractivity contribution is 8.93. The summed E-state index contributed by atoms with van der Waals surface area (Å²) in [6, 6.07) is 8.64. The van der Waals surface area contributed by atoms with Crippen molar-refractivity contribution < 1.29 is 0 Å². The van der Waals surface area contributed by atoms with Gasteiger partial charge < -0.3 is 4.90 Å². The molecule has 0 radical (unpaired) electrons. The van der Waals surface area contributed by atoms with Crippen molar-refractivity contribution in [2.75, 3.05) is 13.1 Å². The highest BCUT2D eigenvalue weighted by Gasteiger charge is 2.31. The fourth-order valence-electron chi connectivity index (χ4n) is 2.59. The highest BCUT2D eigenvalue weighted by atomic mass is 79.9. The van der Waals surface area contributed by atoms with E-state index in [0.29, 0.717) is 0 Å². The Hall–Kier alpha value is -0.780. The van der Waals surface area contributed by atoms with E-state index in [2.05, 4.69) is 46.5 Å². The van der Waals surface area contributed by atoms with Crippen LogP contribution in [0.15, 0.2) is 39.5 Å². The number of benzene rings is 1. The van der Waals surface area contributed by atoms with Crippen LogP contribution in [0.1, 0.15) is 12.5 Å². The van der Waals surface area contributed by atoms with E-state index >= 15 is 0 Å². The molecule has 0 spiro atoms. The number of nitrogens with zero attached hydrogens (tertiary/aromatic N) is 2. The van der Waals surface area contributed by atoms with Crippen molar-refractivity contribution in [3.05, 3.63) is 40.1 Å². The molecule has 1 aromatic carbocycles.